The zero-order chi connectivity index (χ0) is 20.6. The summed E-state index contributed by atoms with van der Waals surface area (Å²) in [5.74, 6) is 0.729. The molecular weight excluding hydrogens is 365 g/mol. The van der Waals surface area contributed by atoms with Gasteiger partial charge in [-0.3, -0.25) is 0 Å². The van der Waals surface area contributed by atoms with Crippen LogP contribution in [0, 0.1) is 11.3 Å². The monoisotopic (exact) mass is 395 g/mol. The topological polar surface area (TPSA) is 64.0 Å². The minimum atomic E-state index is -0.422. The van der Waals surface area contributed by atoms with Gasteiger partial charge in [0.25, 0.3) is 0 Å². The van der Waals surface area contributed by atoms with Gasteiger partial charge in [0.2, 0.25) is 0 Å². The first kappa shape index (κ1) is 21.1. The molecule has 0 radical (unpaired) electrons. The molecule has 1 heterocycles. The number of aromatic nitrogens is 1. The zero-order valence-electron chi connectivity index (χ0n) is 17.2. The fraction of sp³-hybridized carbons (Fsp3) is 0.478. The first-order valence-electron chi connectivity index (χ1n) is 10.4. The number of hydrogen-bond acceptors (Lipinski definition) is 5. The Balaban J connectivity index is 1.80. The predicted octanol–water partition coefficient (Wildman–Crippen LogP) is 4.93. The molecule has 6 heteroatoms. The number of hydrogen-bond donors (Lipinski definition) is 2. The van der Waals surface area contributed by atoms with Gasteiger partial charge in [-0.25, -0.2) is 14.8 Å². The molecule has 1 aromatic carbocycles. The molecule has 1 aromatic heterocycles. The van der Waals surface area contributed by atoms with Crippen LogP contribution in [0.3, 0.4) is 0 Å². The van der Waals surface area contributed by atoms with E-state index in [1.807, 2.05) is 37.4 Å². The van der Waals surface area contributed by atoms with Crippen LogP contribution >= 0.6 is 0 Å². The van der Waals surface area contributed by atoms with Crippen molar-refractivity contribution < 1.29 is 4.39 Å². The molecule has 5 nitrogen and oxygen atoms in total. The van der Waals surface area contributed by atoms with E-state index < -0.39 is 6.67 Å². The van der Waals surface area contributed by atoms with Gasteiger partial charge in [-0.2, -0.15) is 5.26 Å². The van der Waals surface area contributed by atoms with Crippen LogP contribution in [0.2, 0.25) is 0 Å². The maximum Gasteiger partial charge on any atom is 0.133 e. The molecule has 2 unspecified atom stereocenters. The average Bonchev–Trinajstić information content (AvgIpc) is 3.30. The number of nitrogens with zero attached hydrogens (tertiary/aromatic N) is 3. The van der Waals surface area contributed by atoms with E-state index in [1.165, 1.54) is 18.4 Å². The fourth-order valence-electron chi connectivity index (χ4n) is 3.79. The minimum absolute atomic E-state index is 0.197. The van der Waals surface area contributed by atoms with E-state index in [-0.39, 0.29) is 12.0 Å². The summed E-state index contributed by atoms with van der Waals surface area (Å²) >= 11 is 0. The number of alkyl halides is 1. The van der Waals surface area contributed by atoms with Crippen LogP contribution in [0.25, 0.3) is 0 Å². The maximum atomic E-state index is 12.6. The van der Waals surface area contributed by atoms with E-state index in [0.717, 1.165) is 36.5 Å². The Morgan fingerprint density at radius 3 is 2.59 bits per heavy atom. The Morgan fingerprint density at radius 1 is 1.21 bits per heavy atom. The van der Waals surface area contributed by atoms with E-state index in [0.29, 0.717) is 6.04 Å². The normalized spacial score (nSPS) is 16.2. The Kier molecular flexibility index (Phi) is 7.42. The van der Waals surface area contributed by atoms with Crippen LogP contribution in [0.1, 0.15) is 56.6 Å². The van der Waals surface area contributed by atoms with Gasteiger partial charge in [-0.05, 0) is 50.5 Å². The molecule has 2 atom stereocenters. The molecule has 0 aliphatic heterocycles. The van der Waals surface area contributed by atoms with Crippen molar-refractivity contribution in [3.63, 3.8) is 0 Å². The summed E-state index contributed by atoms with van der Waals surface area (Å²) in [6.45, 7) is 4.04. The lowest BCUT2D eigenvalue weighted by atomic mass is 10.0. The van der Waals surface area contributed by atoms with Gasteiger partial charge in [0.1, 0.15) is 12.5 Å². The van der Waals surface area contributed by atoms with Gasteiger partial charge >= 0.3 is 0 Å². The van der Waals surface area contributed by atoms with Gasteiger partial charge in [0.05, 0.1) is 18.0 Å². The number of nitriles is 1. The lowest BCUT2D eigenvalue weighted by Gasteiger charge is -2.32. The number of rotatable bonds is 9. The molecule has 1 aliphatic rings. The smallest absolute Gasteiger partial charge is 0.133 e. The molecule has 2 aromatic rings. The second kappa shape index (κ2) is 10.2. The van der Waals surface area contributed by atoms with E-state index in [4.69, 9.17) is 0 Å². The van der Waals surface area contributed by atoms with E-state index in [2.05, 4.69) is 38.9 Å². The Labute approximate surface area is 172 Å². The van der Waals surface area contributed by atoms with Crippen LogP contribution in [-0.2, 0) is 6.54 Å². The van der Waals surface area contributed by atoms with Crippen LogP contribution in [0.15, 0.2) is 42.6 Å². The summed E-state index contributed by atoms with van der Waals surface area (Å²) in [6, 6.07) is 14.7. The first-order chi connectivity index (χ1) is 14.1. The summed E-state index contributed by atoms with van der Waals surface area (Å²) < 4.78 is 12.6. The largest absolute Gasteiger partial charge is 0.349 e. The van der Waals surface area contributed by atoms with Crippen molar-refractivity contribution in [3.05, 3.63) is 53.7 Å². The van der Waals surface area contributed by atoms with Crippen molar-refractivity contribution in [2.45, 2.75) is 64.1 Å². The minimum Gasteiger partial charge on any atom is -0.349 e. The van der Waals surface area contributed by atoms with Gasteiger partial charge in [-0.15, -0.1) is 0 Å². The summed E-state index contributed by atoms with van der Waals surface area (Å²) in [4.78, 5) is 7.06. The Morgan fingerprint density at radius 2 is 1.93 bits per heavy atom. The van der Waals surface area contributed by atoms with E-state index in [9.17, 15) is 9.65 Å². The second-order valence-electron chi connectivity index (χ2n) is 7.85. The predicted molar refractivity (Wildman–Crippen MR) is 115 cm³/mol. The zero-order valence-corrected chi connectivity index (χ0v) is 17.2. The Hall–Kier alpha value is -2.65. The quantitative estimate of drug-likeness (QED) is 0.589. The highest BCUT2D eigenvalue weighted by molar-refractivity contribution is 5.52. The first-order valence-corrected chi connectivity index (χ1v) is 10.4. The molecule has 0 saturated heterocycles. The molecule has 1 aliphatic carbocycles. The van der Waals surface area contributed by atoms with E-state index >= 15 is 0 Å². The highest BCUT2D eigenvalue weighted by Crippen LogP contribution is 2.33. The summed E-state index contributed by atoms with van der Waals surface area (Å²) in [6.07, 6.45) is 6.59. The highest BCUT2D eigenvalue weighted by atomic mass is 19.1. The lowest BCUT2D eigenvalue weighted by molar-refractivity contribution is 0.409. The number of nitrogens with one attached hydrogen (secondary N) is 2. The van der Waals surface area contributed by atoms with Crippen LogP contribution in [0.4, 0.5) is 15.9 Å². The average molecular weight is 396 g/mol. The molecule has 154 valence electrons. The molecule has 29 heavy (non-hydrogen) atoms. The number of hydrazine groups is 1. The highest BCUT2D eigenvalue weighted by Gasteiger charge is 2.26. The molecular formula is C23H30FN5. The van der Waals surface area contributed by atoms with Gasteiger partial charge in [-0.1, -0.05) is 31.0 Å². The molecule has 3 rings (SSSR count). The third-order valence-corrected chi connectivity index (χ3v) is 5.52. The summed E-state index contributed by atoms with van der Waals surface area (Å²) in [5.41, 5.74) is 9.05. The molecule has 2 N–H and O–H groups in total. The van der Waals surface area contributed by atoms with Crippen LogP contribution in [-0.4, -0.2) is 23.7 Å². The van der Waals surface area contributed by atoms with Crippen molar-refractivity contribution in [1.82, 2.24) is 10.4 Å². The van der Waals surface area contributed by atoms with Crippen molar-refractivity contribution in [3.8, 4) is 6.07 Å². The standard InChI is InChI=1S/C23H30FN5/c1-17(15-25)22-8-5-13-26-23(22)29(21-6-3-4-7-21)16-19-9-11-20(12-10-19)28-27-18(2)14-24/h5,8-13,17-18,21,27-28H,3-4,6-7,14,16H2,1-2H3. The lowest BCUT2D eigenvalue weighted by Crippen LogP contribution is -2.34. The van der Waals surface area contributed by atoms with Gasteiger partial charge in [0.15, 0.2) is 0 Å². The summed E-state index contributed by atoms with van der Waals surface area (Å²) in [5, 5.41) is 9.45. The molecule has 0 spiro atoms. The maximum absolute atomic E-state index is 12.6. The van der Waals surface area contributed by atoms with Crippen molar-refractivity contribution >= 4 is 11.5 Å². The molecule has 1 saturated carbocycles. The van der Waals surface area contributed by atoms with Crippen LogP contribution < -0.4 is 15.8 Å². The van der Waals surface area contributed by atoms with Crippen molar-refractivity contribution in [2.75, 3.05) is 17.0 Å². The second-order valence-corrected chi connectivity index (χ2v) is 7.85. The molecule has 0 amide bonds. The van der Waals surface area contributed by atoms with E-state index in [1.54, 1.807) is 6.92 Å². The number of pyridine rings is 1. The Bertz CT molecular complexity index is 811. The summed E-state index contributed by atoms with van der Waals surface area (Å²) in [7, 11) is 0. The van der Waals surface area contributed by atoms with Crippen molar-refractivity contribution in [1.29, 1.82) is 5.26 Å². The number of benzene rings is 1. The van der Waals surface area contributed by atoms with Gasteiger partial charge in [0, 0.05) is 30.0 Å². The molecule has 0 bridgehead atoms. The number of anilines is 2. The number of halogens is 1. The SMILES string of the molecule is CC(CF)NNc1ccc(CN(c2ncccc2C(C)C#N)C2CCCC2)cc1. The third kappa shape index (κ3) is 5.45. The van der Waals surface area contributed by atoms with Crippen LogP contribution in [0.5, 0.6) is 0 Å². The fourth-order valence-corrected chi connectivity index (χ4v) is 3.79. The molecule has 1 fully saturated rings. The van der Waals surface area contributed by atoms with Gasteiger partial charge < -0.3 is 10.3 Å². The third-order valence-electron chi connectivity index (χ3n) is 5.52. The van der Waals surface area contributed by atoms with Crippen molar-refractivity contribution in [2.24, 2.45) is 0 Å².